The van der Waals surface area contributed by atoms with E-state index < -0.39 is 17.9 Å². The number of hydrogen-bond acceptors (Lipinski definition) is 2. The minimum Gasteiger partial charge on any atom is -0.235 e. The lowest BCUT2D eigenvalue weighted by molar-refractivity contribution is -0.292. The highest BCUT2D eigenvalue weighted by Crippen LogP contribution is 2.41. The standard InChI is InChI=1S/C7H5F5N2/c1-4-2-3-13-5(14-4)6(8,9)7(10,11)12/h2-3H,1H3. The molecule has 0 fully saturated rings. The zero-order valence-corrected chi connectivity index (χ0v) is 6.94. The zero-order chi connectivity index (χ0) is 11.0. The van der Waals surface area contributed by atoms with Crippen LogP contribution in [0.3, 0.4) is 0 Å². The van der Waals surface area contributed by atoms with Gasteiger partial charge in [0.2, 0.25) is 5.82 Å². The number of hydrogen-bond donors (Lipinski definition) is 0. The second-order valence-corrected chi connectivity index (χ2v) is 2.59. The molecule has 7 heteroatoms. The molecule has 0 bridgehead atoms. The van der Waals surface area contributed by atoms with Gasteiger partial charge in [-0.25, -0.2) is 9.97 Å². The molecule has 0 aromatic carbocycles. The van der Waals surface area contributed by atoms with Gasteiger partial charge in [-0.05, 0) is 13.0 Å². The third-order valence-electron chi connectivity index (χ3n) is 1.43. The Balaban J connectivity index is 3.16. The maximum absolute atomic E-state index is 12.6. The minimum absolute atomic E-state index is 0.0546. The first kappa shape index (κ1) is 10.8. The molecule has 0 amide bonds. The van der Waals surface area contributed by atoms with Crippen molar-refractivity contribution in [3.8, 4) is 0 Å². The summed E-state index contributed by atoms with van der Waals surface area (Å²) in [6.45, 7) is 1.30. The van der Waals surface area contributed by atoms with E-state index in [1.807, 2.05) is 0 Å². The van der Waals surface area contributed by atoms with Crippen LogP contribution in [0.4, 0.5) is 22.0 Å². The Labute approximate surface area is 75.8 Å². The molecular weight excluding hydrogens is 207 g/mol. The number of halogens is 5. The van der Waals surface area contributed by atoms with E-state index in [2.05, 4.69) is 9.97 Å². The summed E-state index contributed by atoms with van der Waals surface area (Å²) >= 11 is 0. The van der Waals surface area contributed by atoms with Crippen LogP contribution in [0.2, 0.25) is 0 Å². The van der Waals surface area contributed by atoms with Gasteiger partial charge < -0.3 is 0 Å². The molecular formula is C7H5F5N2. The third kappa shape index (κ3) is 1.80. The summed E-state index contributed by atoms with van der Waals surface area (Å²) < 4.78 is 60.6. The largest absolute Gasteiger partial charge is 0.461 e. The van der Waals surface area contributed by atoms with Gasteiger partial charge in [-0.15, -0.1) is 0 Å². The Morgan fingerprint density at radius 3 is 2.14 bits per heavy atom. The van der Waals surface area contributed by atoms with Gasteiger partial charge in [-0.1, -0.05) is 0 Å². The van der Waals surface area contributed by atoms with Gasteiger partial charge in [0.05, 0.1) is 0 Å². The Kier molecular flexibility index (Phi) is 2.43. The van der Waals surface area contributed by atoms with Crippen LogP contribution in [0.15, 0.2) is 12.3 Å². The van der Waals surface area contributed by atoms with Crippen molar-refractivity contribution < 1.29 is 22.0 Å². The van der Waals surface area contributed by atoms with E-state index in [0.29, 0.717) is 0 Å². The van der Waals surface area contributed by atoms with Crippen LogP contribution in [-0.4, -0.2) is 16.1 Å². The van der Waals surface area contributed by atoms with Crippen molar-refractivity contribution in [2.75, 3.05) is 0 Å². The second-order valence-electron chi connectivity index (χ2n) is 2.59. The fraction of sp³-hybridized carbons (Fsp3) is 0.429. The van der Waals surface area contributed by atoms with Gasteiger partial charge in [0.1, 0.15) is 0 Å². The summed E-state index contributed by atoms with van der Waals surface area (Å²) in [7, 11) is 0. The van der Waals surface area contributed by atoms with Crippen LogP contribution < -0.4 is 0 Å². The SMILES string of the molecule is Cc1ccnc(C(F)(F)C(F)(F)F)n1. The van der Waals surface area contributed by atoms with Crippen LogP contribution in [0.1, 0.15) is 11.5 Å². The Morgan fingerprint density at radius 1 is 1.14 bits per heavy atom. The first-order valence-corrected chi connectivity index (χ1v) is 3.50. The molecule has 0 aliphatic carbocycles. The van der Waals surface area contributed by atoms with Crippen LogP contribution in [0.5, 0.6) is 0 Å². The van der Waals surface area contributed by atoms with Gasteiger partial charge in [-0.3, -0.25) is 0 Å². The number of aryl methyl sites for hydroxylation is 1. The maximum Gasteiger partial charge on any atom is 0.461 e. The maximum atomic E-state index is 12.6. The number of aromatic nitrogens is 2. The van der Waals surface area contributed by atoms with Gasteiger partial charge in [-0.2, -0.15) is 22.0 Å². The van der Waals surface area contributed by atoms with Gasteiger partial charge >= 0.3 is 12.1 Å². The molecule has 1 heterocycles. The first-order valence-electron chi connectivity index (χ1n) is 3.50. The molecule has 0 saturated heterocycles. The molecule has 0 aliphatic heterocycles. The van der Waals surface area contributed by atoms with Gasteiger partial charge in [0.25, 0.3) is 0 Å². The average Bonchev–Trinajstić information content (AvgIpc) is 2.02. The van der Waals surface area contributed by atoms with Crippen molar-refractivity contribution in [3.05, 3.63) is 23.8 Å². The topological polar surface area (TPSA) is 25.8 Å². The molecule has 1 aromatic rings. The highest BCUT2D eigenvalue weighted by atomic mass is 19.4. The van der Waals surface area contributed by atoms with E-state index in [1.165, 1.54) is 13.0 Å². The number of rotatable bonds is 1. The molecule has 0 atom stereocenters. The quantitative estimate of drug-likeness (QED) is 0.668. The third-order valence-corrected chi connectivity index (χ3v) is 1.43. The van der Waals surface area contributed by atoms with Gasteiger partial charge in [0, 0.05) is 11.9 Å². The summed E-state index contributed by atoms with van der Waals surface area (Å²) in [6.07, 6.45) is -4.81. The van der Waals surface area contributed by atoms with Crippen LogP contribution in [0, 0.1) is 6.92 Å². The van der Waals surface area contributed by atoms with E-state index in [9.17, 15) is 22.0 Å². The lowest BCUT2D eigenvalue weighted by atomic mass is 10.3. The molecule has 1 rings (SSSR count). The van der Waals surface area contributed by atoms with Crippen molar-refractivity contribution in [1.29, 1.82) is 0 Å². The average molecular weight is 212 g/mol. The van der Waals surface area contributed by atoms with Crippen molar-refractivity contribution in [2.45, 2.75) is 19.0 Å². The van der Waals surface area contributed by atoms with Crippen LogP contribution in [-0.2, 0) is 5.92 Å². The molecule has 14 heavy (non-hydrogen) atoms. The lowest BCUT2D eigenvalue weighted by Crippen LogP contribution is -2.35. The molecule has 1 aromatic heterocycles. The van der Waals surface area contributed by atoms with Crippen molar-refractivity contribution >= 4 is 0 Å². The predicted molar refractivity (Wildman–Crippen MR) is 36.7 cm³/mol. The molecule has 2 nitrogen and oxygen atoms in total. The number of alkyl halides is 5. The minimum atomic E-state index is -5.67. The molecule has 0 unspecified atom stereocenters. The summed E-state index contributed by atoms with van der Waals surface area (Å²) in [5.41, 5.74) is 0.0546. The summed E-state index contributed by atoms with van der Waals surface area (Å²) in [5, 5.41) is 0. The van der Waals surface area contributed by atoms with Crippen molar-refractivity contribution in [1.82, 2.24) is 9.97 Å². The smallest absolute Gasteiger partial charge is 0.235 e. The summed E-state index contributed by atoms with van der Waals surface area (Å²) in [4.78, 5) is 5.93. The fourth-order valence-electron chi connectivity index (χ4n) is 0.727. The van der Waals surface area contributed by atoms with Gasteiger partial charge in [0.15, 0.2) is 0 Å². The van der Waals surface area contributed by atoms with E-state index >= 15 is 0 Å². The highest BCUT2D eigenvalue weighted by Gasteiger charge is 2.61. The molecule has 0 saturated carbocycles. The first-order chi connectivity index (χ1) is 6.25. The number of nitrogens with zero attached hydrogens (tertiary/aromatic N) is 2. The lowest BCUT2D eigenvalue weighted by Gasteiger charge is -2.17. The summed E-state index contributed by atoms with van der Waals surface area (Å²) in [6, 6.07) is 1.23. The molecule has 0 spiro atoms. The van der Waals surface area contributed by atoms with E-state index in [0.717, 1.165) is 6.20 Å². The normalized spacial score (nSPS) is 13.0. The Hall–Kier alpha value is -1.27. The zero-order valence-electron chi connectivity index (χ0n) is 6.94. The van der Waals surface area contributed by atoms with Crippen molar-refractivity contribution in [3.63, 3.8) is 0 Å². The van der Waals surface area contributed by atoms with Crippen molar-refractivity contribution in [2.24, 2.45) is 0 Å². The van der Waals surface area contributed by atoms with E-state index in [4.69, 9.17) is 0 Å². The monoisotopic (exact) mass is 212 g/mol. The highest BCUT2D eigenvalue weighted by molar-refractivity contribution is 5.06. The fourth-order valence-corrected chi connectivity index (χ4v) is 0.727. The molecule has 0 aliphatic rings. The van der Waals surface area contributed by atoms with E-state index in [1.54, 1.807) is 0 Å². The summed E-state index contributed by atoms with van der Waals surface area (Å²) in [5.74, 6) is -6.52. The molecule has 0 N–H and O–H groups in total. The van der Waals surface area contributed by atoms with E-state index in [-0.39, 0.29) is 5.69 Å². The van der Waals surface area contributed by atoms with Crippen LogP contribution >= 0.6 is 0 Å². The Morgan fingerprint density at radius 2 is 1.71 bits per heavy atom. The Bertz CT molecular complexity index is 333. The molecule has 78 valence electrons. The predicted octanol–water partition coefficient (Wildman–Crippen LogP) is 2.44. The molecule has 0 radical (unpaired) electrons. The second kappa shape index (κ2) is 3.14. The van der Waals surface area contributed by atoms with Crippen LogP contribution in [0.25, 0.3) is 0 Å².